The van der Waals surface area contributed by atoms with Gasteiger partial charge in [0.25, 0.3) is 11.7 Å². The summed E-state index contributed by atoms with van der Waals surface area (Å²) in [4.78, 5) is 27.7. The lowest BCUT2D eigenvalue weighted by molar-refractivity contribution is -0.140. The van der Waals surface area contributed by atoms with Crippen LogP contribution in [0.3, 0.4) is 0 Å². The molecule has 1 aliphatic heterocycles. The monoisotopic (exact) mass is 445 g/mol. The molecule has 0 radical (unpaired) electrons. The first-order chi connectivity index (χ1) is 15.9. The lowest BCUT2D eigenvalue weighted by atomic mass is 9.94. The summed E-state index contributed by atoms with van der Waals surface area (Å²) in [7, 11) is 1.54. The number of aliphatic hydroxyl groups is 1. The van der Waals surface area contributed by atoms with Crippen LogP contribution in [0.2, 0.25) is 0 Å². The molecule has 6 heteroatoms. The molecular formula is C27H27NO5. The first kappa shape index (κ1) is 22.6. The first-order valence-electron chi connectivity index (χ1n) is 10.9. The van der Waals surface area contributed by atoms with E-state index in [0.717, 1.165) is 10.8 Å². The summed E-state index contributed by atoms with van der Waals surface area (Å²) in [5, 5.41) is 13.3. The van der Waals surface area contributed by atoms with Crippen LogP contribution >= 0.6 is 0 Å². The Morgan fingerprint density at radius 3 is 2.42 bits per heavy atom. The van der Waals surface area contributed by atoms with Crippen molar-refractivity contribution in [1.29, 1.82) is 0 Å². The molecule has 33 heavy (non-hydrogen) atoms. The Hall–Kier alpha value is -3.64. The molecule has 4 rings (SSSR count). The number of likely N-dealkylation sites (tertiary alicyclic amines) is 1. The third-order valence-electron chi connectivity index (χ3n) is 5.68. The summed E-state index contributed by atoms with van der Waals surface area (Å²) in [5.74, 6) is -1.03. The fourth-order valence-electron chi connectivity index (χ4n) is 4.18. The summed E-state index contributed by atoms with van der Waals surface area (Å²) < 4.78 is 11.2. The second-order valence-corrected chi connectivity index (χ2v) is 8.25. The van der Waals surface area contributed by atoms with Crippen LogP contribution in [0.5, 0.6) is 5.75 Å². The maximum absolute atomic E-state index is 13.2. The average Bonchev–Trinajstić information content (AvgIpc) is 3.06. The van der Waals surface area contributed by atoms with Gasteiger partial charge in [-0.2, -0.15) is 0 Å². The van der Waals surface area contributed by atoms with E-state index in [4.69, 9.17) is 9.47 Å². The number of hydrogen-bond donors (Lipinski definition) is 1. The number of Topliss-reactive ketones (excluding diaryl/α,β-unsaturated/α-hetero) is 1. The van der Waals surface area contributed by atoms with Gasteiger partial charge in [-0.15, -0.1) is 0 Å². The standard InChI is InChI=1S/C27H27NO5/c1-17(2)33-22-11-7-6-10-21(22)24-23(26(30)27(31)28(24)14-15-32-3)25(29)20-13-12-18-8-4-5-9-19(18)16-20/h4-13,16-17,24,29H,14-15H2,1-3H3/b25-23+. The number of amides is 1. The largest absolute Gasteiger partial charge is 0.507 e. The summed E-state index contributed by atoms with van der Waals surface area (Å²) >= 11 is 0. The molecule has 1 unspecified atom stereocenters. The number of aliphatic hydroxyl groups excluding tert-OH is 1. The number of nitrogens with zero attached hydrogens (tertiary/aromatic N) is 1. The highest BCUT2D eigenvalue weighted by molar-refractivity contribution is 6.46. The van der Waals surface area contributed by atoms with Crippen molar-refractivity contribution in [3.8, 4) is 5.75 Å². The van der Waals surface area contributed by atoms with E-state index in [1.165, 1.54) is 12.0 Å². The quantitative estimate of drug-likeness (QED) is 0.324. The van der Waals surface area contributed by atoms with E-state index >= 15 is 0 Å². The molecule has 1 fully saturated rings. The van der Waals surface area contributed by atoms with Crippen LogP contribution in [0.15, 0.2) is 72.3 Å². The second-order valence-electron chi connectivity index (χ2n) is 8.25. The van der Waals surface area contributed by atoms with Gasteiger partial charge in [-0.3, -0.25) is 9.59 Å². The Morgan fingerprint density at radius 2 is 1.70 bits per heavy atom. The molecule has 1 atom stereocenters. The molecule has 3 aromatic rings. The summed E-state index contributed by atoms with van der Waals surface area (Å²) in [6, 6.07) is 19.7. The van der Waals surface area contributed by atoms with Crippen LogP contribution < -0.4 is 4.74 Å². The van der Waals surface area contributed by atoms with Gasteiger partial charge >= 0.3 is 0 Å². The van der Waals surface area contributed by atoms with Crippen molar-refractivity contribution < 1.29 is 24.2 Å². The molecule has 1 heterocycles. The molecular weight excluding hydrogens is 418 g/mol. The Balaban J connectivity index is 1.90. The van der Waals surface area contributed by atoms with Gasteiger partial charge in [-0.1, -0.05) is 54.6 Å². The van der Waals surface area contributed by atoms with Gasteiger partial charge in [-0.05, 0) is 36.8 Å². The number of hydrogen-bond acceptors (Lipinski definition) is 5. The van der Waals surface area contributed by atoms with Gasteiger partial charge in [0, 0.05) is 24.8 Å². The molecule has 170 valence electrons. The lowest BCUT2D eigenvalue weighted by Crippen LogP contribution is -2.33. The highest BCUT2D eigenvalue weighted by atomic mass is 16.5. The van der Waals surface area contributed by atoms with E-state index in [1.54, 1.807) is 6.07 Å². The molecule has 0 bridgehead atoms. The van der Waals surface area contributed by atoms with Gasteiger partial charge in [0.15, 0.2) is 0 Å². The van der Waals surface area contributed by atoms with E-state index < -0.39 is 17.7 Å². The fraction of sp³-hybridized carbons (Fsp3) is 0.259. The lowest BCUT2D eigenvalue weighted by Gasteiger charge is -2.27. The number of methoxy groups -OCH3 is 1. The second kappa shape index (κ2) is 9.46. The Labute approximate surface area is 193 Å². The molecule has 1 saturated heterocycles. The van der Waals surface area contributed by atoms with Crippen molar-refractivity contribution >= 4 is 28.2 Å². The van der Waals surface area contributed by atoms with Crippen molar-refractivity contribution in [1.82, 2.24) is 4.90 Å². The summed E-state index contributed by atoms with van der Waals surface area (Å²) in [6.45, 7) is 4.28. The maximum Gasteiger partial charge on any atom is 0.295 e. The number of carbonyl (C=O) groups excluding carboxylic acids is 2. The van der Waals surface area contributed by atoms with Gasteiger partial charge in [-0.25, -0.2) is 0 Å². The van der Waals surface area contributed by atoms with Crippen LogP contribution in [-0.2, 0) is 14.3 Å². The third kappa shape index (κ3) is 4.34. The van der Waals surface area contributed by atoms with E-state index in [9.17, 15) is 14.7 Å². The molecule has 0 aliphatic carbocycles. The van der Waals surface area contributed by atoms with Gasteiger partial charge < -0.3 is 19.5 Å². The molecule has 0 aromatic heterocycles. The minimum Gasteiger partial charge on any atom is -0.507 e. The highest BCUT2D eigenvalue weighted by Crippen LogP contribution is 2.43. The van der Waals surface area contributed by atoms with Crippen molar-refractivity contribution in [3.63, 3.8) is 0 Å². The SMILES string of the molecule is COCCN1C(=O)C(=O)/C(=C(/O)c2ccc3ccccc3c2)C1c1ccccc1OC(C)C. The zero-order valence-electron chi connectivity index (χ0n) is 18.9. The van der Waals surface area contributed by atoms with E-state index in [-0.39, 0.29) is 30.6 Å². The molecule has 3 aromatic carbocycles. The van der Waals surface area contributed by atoms with Gasteiger partial charge in [0.1, 0.15) is 11.5 Å². The van der Waals surface area contributed by atoms with Crippen LogP contribution in [0, 0.1) is 0 Å². The van der Waals surface area contributed by atoms with Crippen molar-refractivity contribution in [3.05, 3.63) is 83.4 Å². The minimum absolute atomic E-state index is 0.0474. The van der Waals surface area contributed by atoms with Crippen LogP contribution in [0.25, 0.3) is 16.5 Å². The molecule has 1 aliphatic rings. The van der Waals surface area contributed by atoms with Gasteiger partial charge in [0.05, 0.1) is 24.3 Å². The number of benzene rings is 3. The van der Waals surface area contributed by atoms with E-state index in [0.29, 0.717) is 16.9 Å². The normalized spacial score (nSPS) is 17.8. The van der Waals surface area contributed by atoms with E-state index in [2.05, 4.69) is 0 Å². The Morgan fingerprint density at radius 1 is 1.00 bits per heavy atom. The van der Waals surface area contributed by atoms with Crippen LogP contribution in [0.1, 0.15) is 31.0 Å². The molecule has 1 N–H and O–H groups in total. The molecule has 0 spiro atoms. The summed E-state index contributed by atoms with van der Waals surface area (Å²) in [5.41, 5.74) is 1.17. The minimum atomic E-state index is -0.790. The highest BCUT2D eigenvalue weighted by Gasteiger charge is 2.46. The number of carbonyl (C=O) groups is 2. The number of para-hydroxylation sites is 1. The summed E-state index contributed by atoms with van der Waals surface area (Å²) in [6.07, 6.45) is -0.104. The maximum atomic E-state index is 13.2. The number of ether oxygens (including phenoxy) is 2. The van der Waals surface area contributed by atoms with Crippen LogP contribution in [0.4, 0.5) is 0 Å². The number of rotatable bonds is 7. The van der Waals surface area contributed by atoms with Crippen molar-refractivity contribution in [2.24, 2.45) is 0 Å². The Bertz CT molecular complexity index is 1230. The topological polar surface area (TPSA) is 76.1 Å². The fourth-order valence-corrected chi connectivity index (χ4v) is 4.18. The van der Waals surface area contributed by atoms with Crippen LogP contribution in [-0.4, -0.2) is 48.1 Å². The molecule has 0 saturated carbocycles. The zero-order valence-corrected chi connectivity index (χ0v) is 18.9. The smallest absolute Gasteiger partial charge is 0.295 e. The van der Waals surface area contributed by atoms with Gasteiger partial charge in [0.2, 0.25) is 0 Å². The number of ketones is 1. The predicted octanol–water partition coefficient (Wildman–Crippen LogP) is 4.70. The number of fused-ring (bicyclic) bond motifs is 1. The molecule has 1 amide bonds. The first-order valence-corrected chi connectivity index (χ1v) is 10.9. The Kier molecular flexibility index (Phi) is 6.47. The van der Waals surface area contributed by atoms with Crippen molar-refractivity contribution in [2.75, 3.05) is 20.3 Å². The third-order valence-corrected chi connectivity index (χ3v) is 5.68. The van der Waals surface area contributed by atoms with Crippen molar-refractivity contribution in [2.45, 2.75) is 26.0 Å². The van der Waals surface area contributed by atoms with E-state index in [1.807, 2.05) is 74.5 Å². The molecule has 6 nitrogen and oxygen atoms in total. The zero-order chi connectivity index (χ0) is 23.5. The predicted molar refractivity (Wildman–Crippen MR) is 127 cm³/mol. The average molecular weight is 446 g/mol.